The molecule has 0 unspecified atom stereocenters. The summed E-state index contributed by atoms with van der Waals surface area (Å²) in [6, 6.07) is 74.1. The van der Waals surface area contributed by atoms with Crippen molar-refractivity contribution in [3.05, 3.63) is 211 Å². The molecule has 0 N–H and O–H groups in total. The van der Waals surface area contributed by atoms with Crippen LogP contribution in [0.15, 0.2) is 200 Å². The van der Waals surface area contributed by atoms with Crippen LogP contribution in [0.25, 0.3) is 87.2 Å². The zero-order valence-corrected chi connectivity index (χ0v) is 32.0. The van der Waals surface area contributed by atoms with Crippen molar-refractivity contribution in [1.29, 1.82) is 0 Å². The summed E-state index contributed by atoms with van der Waals surface area (Å²) >= 11 is 0. The highest BCUT2D eigenvalue weighted by Crippen LogP contribution is 2.47. The molecule has 0 spiro atoms. The predicted molar refractivity (Wildman–Crippen MR) is 246 cm³/mol. The molecule has 0 heterocycles. The van der Waals surface area contributed by atoms with Gasteiger partial charge in [0.25, 0.3) is 0 Å². The average molecular weight is 726 g/mol. The molecule has 0 radical (unpaired) electrons. The fourth-order valence-corrected chi connectivity index (χ4v) is 9.15. The van der Waals surface area contributed by atoms with Crippen LogP contribution >= 0.6 is 0 Å². The van der Waals surface area contributed by atoms with Gasteiger partial charge in [0.15, 0.2) is 0 Å². The summed E-state index contributed by atoms with van der Waals surface area (Å²) in [6.07, 6.45) is 0. The van der Waals surface area contributed by atoms with Crippen molar-refractivity contribution >= 4 is 70.9 Å². The molecule has 0 amide bonds. The molecule has 11 aromatic rings. The second kappa shape index (κ2) is 13.2. The number of nitrogens with zero attached hydrogens (tertiary/aromatic N) is 1. The molecule has 0 aromatic heterocycles. The van der Waals surface area contributed by atoms with Crippen LogP contribution in [-0.4, -0.2) is 0 Å². The van der Waals surface area contributed by atoms with Crippen LogP contribution in [0.1, 0.15) is 11.1 Å². The molecule has 0 saturated carbocycles. The number of fused-ring (bicyclic) bond motifs is 2. The summed E-state index contributed by atoms with van der Waals surface area (Å²) in [5.41, 5.74) is 13.4. The first-order valence-corrected chi connectivity index (χ1v) is 19.8. The summed E-state index contributed by atoms with van der Waals surface area (Å²) in [4.78, 5) is 2.33. The van der Waals surface area contributed by atoms with Crippen LogP contribution in [0.5, 0.6) is 0 Å². The van der Waals surface area contributed by atoms with Crippen LogP contribution in [0.3, 0.4) is 0 Å². The molecule has 0 aliphatic rings. The number of hydrogen-bond donors (Lipinski definition) is 0. The van der Waals surface area contributed by atoms with E-state index in [4.69, 9.17) is 0 Å². The second-order valence-corrected chi connectivity index (χ2v) is 15.4. The van der Waals surface area contributed by atoms with Gasteiger partial charge >= 0.3 is 0 Å². The van der Waals surface area contributed by atoms with E-state index in [2.05, 4.69) is 219 Å². The molecule has 11 aromatic carbocycles. The standard InChI is InChI=1S/C56H39N/c1-36-14-28-44(29-15-36)57(45-30-16-37(2)17-31-45)46-32-24-39(25-33-46)38-18-20-42(21-19-38)54-47-10-3-5-12-49(47)56(50-13-6-4-11-48(50)54)52-35-27-43-23-22-40-8-7-9-41-26-34-51(52)55(43)53(40)41/h3-35H,1-2H3. The molecule has 268 valence electrons. The number of aryl methyl sites for hydroxylation is 2. The number of rotatable bonds is 6. The predicted octanol–water partition coefficient (Wildman–Crippen LogP) is 16.0. The molecule has 0 fully saturated rings. The monoisotopic (exact) mass is 725 g/mol. The Balaban J connectivity index is 1.01. The topological polar surface area (TPSA) is 3.24 Å². The molecule has 0 saturated heterocycles. The third-order valence-electron chi connectivity index (χ3n) is 11.9. The first-order chi connectivity index (χ1) is 28.1. The lowest BCUT2D eigenvalue weighted by Gasteiger charge is -2.26. The number of hydrogen-bond acceptors (Lipinski definition) is 1. The van der Waals surface area contributed by atoms with Gasteiger partial charge in [0, 0.05) is 17.1 Å². The minimum atomic E-state index is 1.13. The molecule has 1 heteroatoms. The lowest BCUT2D eigenvalue weighted by atomic mass is 9.83. The summed E-state index contributed by atoms with van der Waals surface area (Å²) < 4.78 is 0. The summed E-state index contributed by atoms with van der Waals surface area (Å²) in [5, 5.41) is 12.9. The van der Waals surface area contributed by atoms with Gasteiger partial charge in [-0.1, -0.05) is 175 Å². The quantitative estimate of drug-likeness (QED) is 0.122. The van der Waals surface area contributed by atoms with Gasteiger partial charge in [0.1, 0.15) is 0 Å². The normalized spacial score (nSPS) is 11.7. The van der Waals surface area contributed by atoms with Crippen molar-refractivity contribution in [1.82, 2.24) is 0 Å². The second-order valence-electron chi connectivity index (χ2n) is 15.4. The van der Waals surface area contributed by atoms with Crippen molar-refractivity contribution in [2.24, 2.45) is 0 Å². The minimum Gasteiger partial charge on any atom is -0.311 e. The first kappa shape index (κ1) is 33.1. The van der Waals surface area contributed by atoms with Gasteiger partial charge < -0.3 is 4.90 Å². The van der Waals surface area contributed by atoms with Crippen LogP contribution in [0.2, 0.25) is 0 Å². The van der Waals surface area contributed by atoms with Crippen LogP contribution < -0.4 is 4.90 Å². The van der Waals surface area contributed by atoms with Crippen LogP contribution in [0.4, 0.5) is 17.1 Å². The van der Waals surface area contributed by atoms with Gasteiger partial charge in [-0.15, -0.1) is 0 Å². The maximum atomic E-state index is 2.34. The lowest BCUT2D eigenvalue weighted by Crippen LogP contribution is -2.09. The highest BCUT2D eigenvalue weighted by atomic mass is 15.1. The van der Waals surface area contributed by atoms with Gasteiger partial charge in [-0.2, -0.15) is 0 Å². The maximum absolute atomic E-state index is 2.34. The Morgan fingerprint density at radius 1 is 0.281 bits per heavy atom. The Kier molecular flexibility index (Phi) is 7.69. The summed E-state index contributed by atoms with van der Waals surface area (Å²) in [7, 11) is 0. The molecule has 11 rings (SSSR count). The van der Waals surface area contributed by atoms with Gasteiger partial charge in [0.05, 0.1) is 0 Å². The van der Waals surface area contributed by atoms with Gasteiger partial charge in [0.2, 0.25) is 0 Å². The minimum absolute atomic E-state index is 1.13. The number of anilines is 3. The SMILES string of the molecule is Cc1ccc(N(c2ccc(C)cc2)c2ccc(-c3ccc(-c4c5ccccc5c(-c5ccc6ccc7cccc8ccc5c6c78)c5ccccc45)cc3)cc2)cc1. The molecule has 0 atom stereocenters. The van der Waals surface area contributed by atoms with Crippen LogP contribution in [0, 0.1) is 13.8 Å². The molecule has 0 bridgehead atoms. The highest BCUT2D eigenvalue weighted by Gasteiger charge is 2.20. The average Bonchev–Trinajstić information content (AvgIpc) is 3.26. The first-order valence-electron chi connectivity index (χ1n) is 19.8. The van der Waals surface area contributed by atoms with Crippen molar-refractivity contribution in [2.45, 2.75) is 13.8 Å². The van der Waals surface area contributed by atoms with Gasteiger partial charge in [-0.3, -0.25) is 0 Å². The largest absolute Gasteiger partial charge is 0.311 e. The van der Waals surface area contributed by atoms with E-state index in [1.807, 2.05) is 0 Å². The van der Waals surface area contributed by atoms with Crippen molar-refractivity contribution < 1.29 is 0 Å². The van der Waals surface area contributed by atoms with E-state index in [9.17, 15) is 0 Å². The highest BCUT2D eigenvalue weighted by molar-refractivity contribution is 6.29. The summed E-state index contributed by atoms with van der Waals surface area (Å²) in [6.45, 7) is 4.27. The molecule has 0 aliphatic carbocycles. The number of benzene rings is 11. The molecule has 1 nitrogen and oxygen atoms in total. The zero-order valence-electron chi connectivity index (χ0n) is 32.0. The van der Waals surface area contributed by atoms with E-state index in [1.165, 1.54) is 98.4 Å². The fraction of sp³-hybridized carbons (Fsp3) is 0.0357. The van der Waals surface area contributed by atoms with E-state index >= 15 is 0 Å². The summed E-state index contributed by atoms with van der Waals surface area (Å²) in [5.74, 6) is 0. The van der Waals surface area contributed by atoms with Crippen molar-refractivity contribution in [3.63, 3.8) is 0 Å². The molecular formula is C56H39N. The Hall–Kier alpha value is -7.22. The molecule has 0 aliphatic heterocycles. The Morgan fingerprint density at radius 2 is 0.684 bits per heavy atom. The van der Waals surface area contributed by atoms with Gasteiger partial charge in [-0.05, 0) is 137 Å². The van der Waals surface area contributed by atoms with E-state index in [1.54, 1.807) is 0 Å². The molecule has 57 heavy (non-hydrogen) atoms. The van der Waals surface area contributed by atoms with E-state index in [-0.39, 0.29) is 0 Å². The van der Waals surface area contributed by atoms with Gasteiger partial charge in [-0.25, -0.2) is 0 Å². The van der Waals surface area contributed by atoms with Crippen molar-refractivity contribution in [2.75, 3.05) is 4.90 Å². The van der Waals surface area contributed by atoms with Crippen LogP contribution in [-0.2, 0) is 0 Å². The molecular weight excluding hydrogens is 687 g/mol. The van der Waals surface area contributed by atoms with E-state index < -0.39 is 0 Å². The van der Waals surface area contributed by atoms with Crippen molar-refractivity contribution in [3.8, 4) is 33.4 Å². The maximum Gasteiger partial charge on any atom is 0.0462 e. The third-order valence-corrected chi connectivity index (χ3v) is 11.9. The fourth-order valence-electron chi connectivity index (χ4n) is 9.15. The Bertz CT molecular complexity index is 3150. The lowest BCUT2D eigenvalue weighted by molar-refractivity contribution is 1.27. The van der Waals surface area contributed by atoms with E-state index in [0.29, 0.717) is 0 Å². The Morgan fingerprint density at radius 3 is 1.21 bits per heavy atom. The third kappa shape index (κ3) is 5.46. The zero-order chi connectivity index (χ0) is 38.0. The smallest absolute Gasteiger partial charge is 0.0462 e. The Labute approximate surface area is 333 Å². The van der Waals surface area contributed by atoms with E-state index in [0.717, 1.165) is 17.1 Å².